The van der Waals surface area contributed by atoms with E-state index in [1.807, 2.05) is 4.90 Å². The highest BCUT2D eigenvalue weighted by Crippen LogP contribution is 2.42. The number of piperazine rings is 1. The van der Waals surface area contributed by atoms with Crippen molar-refractivity contribution in [3.8, 4) is 0 Å². The molecular weight excluding hydrogens is 411 g/mol. The average Bonchev–Trinajstić information content (AvgIpc) is 3.58. The smallest absolute Gasteiger partial charge is 0.416 e. The zero-order chi connectivity index (χ0) is 22.2. The zero-order valence-corrected chi connectivity index (χ0v) is 17.1. The molecule has 2 aliphatic heterocycles. The molecule has 2 N–H and O–H groups in total. The number of rotatable bonds is 4. The molecule has 1 unspecified atom stereocenters. The van der Waals surface area contributed by atoms with Crippen molar-refractivity contribution in [2.24, 2.45) is 10.9 Å². The van der Waals surface area contributed by atoms with E-state index in [1.54, 1.807) is 6.92 Å². The van der Waals surface area contributed by atoms with Crippen LogP contribution in [0.25, 0.3) is 5.57 Å². The van der Waals surface area contributed by atoms with Crippen molar-refractivity contribution in [1.82, 2.24) is 15.6 Å². The maximum atomic E-state index is 13.7. The van der Waals surface area contributed by atoms with Crippen molar-refractivity contribution in [2.45, 2.75) is 32.0 Å². The second-order valence-corrected chi connectivity index (χ2v) is 7.82. The lowest BCUT2D eigenvalue weighted by Gasteiger charge is -2.31. The quantitative estimate of drug-likeness (QED) is 0.759. The Morgan fingerprint density at radius 3 is 2.65 bits per heavy atom. The van der Waals surface area contributed by atoms with Crippen molar-refractivity contribution in [1.29, 1.82) is 0 Å². The highest BCUT2D eigenvalue weighted by atomic mass is 19.4. The fraction of sp³-hybridized carbons (Fsp3) is 0.476. The van der Waals surface area contributed by atoms with Gasteiger partial charge in [0.15, 0.2) is 0 Å². The molecule has 7 nitrogen and oxygen atoms in total. The molecule has 1 aromatic heterocycles. The molecule has 1 aromatic rings. The number of aliphatic imine (C=N–C) groups is 1. The number of aromatic nitrogens is 1. The van der Waals surface area contributed by atoms with Gasteiger partial charge in [-0.25, -0.2) is 14.8 Å². The first-order valence-electron chi connectivity index (χ1n) is 10.2. The van der Waals surface area contributed by atoms with Gasteiger partial charge in [-0.3, -0.25) is 5.32 Å². The number of hydrogen-bond acceptors (Lipinski definition) is 6. The zero-order valence-electron chi connectivity index (χ0n) is 17.1. The van der Waals surface area contributed by atoms with Crippen LogP contribution in [-0.4, -0.2) is 49.2 Å². The molecule has 0 spiro atoms. The fourth-order valence-corrected chi connectivity index (χ4v) is 3.88. The Morgan fingerprint density at radius 2 is 2.03 bits per heavy atom. The molecule has 0 aromatic carbocycles. The number of anilines is 1. The number of alkyl halides is 3. The number of nitrogens with one attached hydrogen (secondary N) is 2. The number of pyridine rings is 1. The van der Waals surface area contributed by atoms with E-state index in [0.29, 0.717) is 37.3 Å². The lowest BCUT2D eigenvalue weighted by Crippen LogP contribution is -2.46. The minimum Gasteiger partial charge on any atom is -0.441 e. The van der Waals surface area contributed by atoms with Crippen LogP contribution in [0.3, 0.4) is 0 Å². The highest BCUT2D eigenvalue weighted by Gasteiger charge is 2.43. The van der Waals surface area contributed by atoms with Gasteiger partial charge in [-0.2, -0.15) is 13.2 Å². The molecule has 4 rings (SSSR count). The summed E-state index contributed by atoms with van der Waals surface area (Å²) >= 11 is 0. The Hall–Kier alpha value is -2.88. The van der Waals surface area contributed by atoms with Gasteiger partial charge in [0.2, 0.25) is 0 Å². The van der Waals surface area contributed by atoms with Crippen molar-refractivity contribution in [3.05, 3.63) is 41.7 Å². The molecule has 0 radical (unpaired) electrons. The number of alkyl carbamates (subject to hydrolysis) is 1. The van der Waals surface area contributed by atoms with Crippen molar-refractivity contribution in [3.63, 3.8) is 0 Å². The van der Waals surface area contributed by atoms with E-state index in [4.69, 9.17) is 4.74 Å². The fourth-order valence-electron chi connectivity index (χ4n) is 3.88. The van der Waals surface area contributed by atoms with E-state index >= 15 is 0 Å². The number of halogens is 3. The summed E-state index contributed by atoms with van der Waals surface area (Å²) in [6.07, 6.45) is -2.70. The maximum absolute atomic E-state index is 13.7. The van der Waals surface area contributed by atoms with Crippen LogP contribution < -0.4 is 15.5 Å². The standard InChI is InChI=1S/C21H24F3N5O2/c1-3-26-19-17(18(13-4-5-13)31-20(30)28-19)12(2)15-10-14(21(22,23)24)11-16(27-15)29-8-6-25-7-9-29/h3,10-11,13,18,25H,1,4-9H2,2H3,(H,26,28,30)/b17-12+. The largest absolute Gasteiger partial charge is 0.441 e. The predicted molar refractivity (Wildman–Crippen MR) is 111 cm³/mol. The van der Waals surface area contributed by atoms with Gasteiger partial charge in [-0.05, 0) is 37.5 Å². The van der Waals surface area contributed by atoms with Crippen molar-refractivity contribution < 1.29 is 22.7 Å². The number of carbonyl (C=O) groups is 1. The minimum atomic E-state index is -4.52. The Labute approximate surface area is 178 Å². The van der Waals surface area contributed by atoms with Crippen LogP contribution in [0, 0.1) is 5.92 Å². The molecule has 1 atom stereocenters. The van der Waals surface area contributed by atoms with Crippen LogP contribution in [0.1, 0.15) is 31.0 Å². The molecule has 10 heteroatoms. The number of nitrogens with zero attached hydrogens (tertiary/aromatic N) is 3. The van der Waals surface area contributed by atoms with Crippen molar-refractivity contribution >= 4 is 23.3 Å². The van der Waals surface area contributed by atoms with Gasteiger partial charge in [0.05, 0.1) is 11.3 Å². The topological polar surface area (TPSA) is 78.8 Å². The van der Waals surface area contributed by atoms with Gasteiger partial charge in [0.1, 0.15) is 17.8 Å². The van der Waals surface area contributed by atoms with E-state index < -0.39 is 23.9 Å². The summed E-state index contributed by atoms with van der Waals surface area (Å²) < 4.78 is 46.6. The van der Waals surface area contributed by atoms with Gasteiger partial charge in [-0.15, -0.1) is 0 Å². The molecule has 166 valence electrons. The molecule has 2 saturated heterocycles. The van der Waals surface area contributed by atoms with Gasteiger partial charge in [0.25, 0.3) is 0 Å². The number of ether oxygens (including phenoxy) is 1. The first-order chi connectivity index (χ1) is 14.8. The van der Waals surface area contributed by atoms with Crippen LogP contribution in [0.15, 0.2) is 35.5 Å². The van der Waals surface area contributed by atoms with E-state index in [2.05, 4.69) is 27.2 Å². The van der Waals surface area contributed by atoms with E-state index in [1.165, 1.54) is 6.20 Å². The third-order valence-electron chi connectivity index (χ3n) is 5.63. The van der Waals surface area contributed by atoms with Crippen molar-refractivity contribution in [2.75, 3.05) is 31.1 Å². The molecule has 0 bridgehead atoms. The number of amidine groups is 1. The van der Waals surface area contributed by atoms with Crippen LogP contribution in [0.4, 0.5) is 23.8 Å². The van der Waals surface area contributed by atoms with Gasteiger partial charge < -0.3 is 15.0 Å². The number of carbonyl (C=O) groups excluding carboxylic acids is 1. The number of amides is 1. The van der Waals surface area contributed by atoms with Crippen LogP contribution in [0.2, 0.25) is 0 Å². The van der Waals surface area contributed by atoms with Crippen LogP contribution >= 0.6 is 0 Å². The second-order valence-electron chi connectivity index (χ2n) is 7.82. The molecule has 3 aliphatic rings. The van der Waals surface area contributed by atoms with E-state index in [0.717, 1.165) is 25.0 Å². The average molecular weight is 435 g/mol. The second kappa shape index (κ2) is 8.33. The van der Waals surface area contributed by atoms with Crippen LogP contribution in [0.5, 0.6) is 0 Å². The van der Waals surface area contributed by atoms with Gasteiger partial charge in [0, 0.05) is 43.9 Å². The SMILES string of the molecule is C=CN=C1NC(=O)OC(C2CC2)/C1=C(/C)c1cc(C(F)(F)F)cc(N2CCNCC2)n1. The minimum absolute atomic E-state index is 0.115. The normalized spacial score (nSPS) is 25.2. The number of cyclic esters (lactones) is 1. The summed E-state index contributed by atoms with van der Waals surface area (Å²) in [5, 5.41) is 5.73. The van der Waals surface area contributed by atoms with E-state index in [-0.39, 0.29) is 23.3 Å². The summed E-state index contributed by atoms with van der Waals surface area (Å²) in [6, 6.07) is 2.13. The molecule has 31 heavy (non-hydrogen) atoms. The third kappa shape index (κ3) is 4.58. The van der Waals surface area contributed by atoms with Gasteiger partial charge in [-0.1, -0.05) is 6.58 Å². The van der Waals surface area contributed by atoms with Crippen LogP contribution in [-0.2, 0) is 10.9 Å². The Balaban J connectivity index is 1.85. The molecule has 3 fully saturated rings. The number of allylic oxidation sites excluding steroid dienone is 1. The molecular formula is C21H24F3N5O2. The lowest BCUT2D eigenvalue weighted by atomic mass is 9.95. The third-order valence-corrected chi connectivity index (χ3v) is 5.63. The Bertz CT molecular complexity index is 947. The Morgan fingerprint density at radius 1 is 1.32 bits per heavy atom. The first-order valence-corrected chi connectivity index (χ1v) is 10.2. The summed E-state index contributed by atoms with van der Waals surface area (Å²) in [5.74, 6) is 0.630. The Kier molecular flexibility index (Phi) is 5.74. The van der Waals surface area contributed by atoms with E-state index in [9.17, 15) is 18.0 Å². The molecule has 1 saturated carbocycles. The summed E-state index contributed by atoms with van der Waals surface area (Å²) in [7, 11) is 0. The molecule has 1 aliphatic carbocycles. The number of hydrogen-bond donors (Lipinski definition) is 2. The van der Waals surface area contributed by atoms with Gasteiger partial charge >= 0.3 is 12.3 Å². The maximum Gasteiger partial charge on any atom is 0.416 e. The summed E-state index contributed by atoms with van der Waals surface area (Å²) in [5.41, 5.74) is 0.442. The molecule has 3 heterocycles. The summed E-state index contributed by atoms with van der Waals surface area (Å²) in [6.45, 7) is 7.74. The first kappa shape index (κ1) is 21.4. The molecule has 1 amide bonds. The predicted octanol–water partition coefficient (Wildman–Crippen LogP) is 3.34. The monoisotopic (exact) mass is 435 g/mol. The lowest BCUT2D eigenvalue weighted by molar-refractivity contribution is -0.137. The highest BCUT2D eigenvalue weighted by molar-refractivity contribution is 6.13. The summed E-state index contributed by atoms with van der Waals surface area (Å²) in [4.78, 5) is 22.5.